The number of esters is 4. The predicted octanol–water partition coefficient (Wildman–Crippen LogP) is 4.09. The number of hydrogen-bond donors (Lipinski definition) is 4. The summed E-state index contributed by atoms with van der Waals surface area (Å²) in [6.07, 6.45) is -9.64. The summed E-state index contributed by atoms with van der Waals surface area (Å²) in [5, 5.41) is 30.9. The summed E-state index contributed by atoms with van der Waals surface area (Å²) >= 11 is 0. The van der Waals surface area contributed by atoms with Gasteiger partial charge in [0.05, 0.1) is 29.8 Å². The Bertz CT molecular complexity index is 2510. The molecule has 4 aliphatic rings. The zero-order valence-electron chi connectivity index (χ0n) is 39.3. The molecule has 0 aromatic heterocycles. The Hall–Kier alpha value is -6.56. The second-order valence-electron chi connectivity index (χ2n) is 19.0. The van der Waals surface area contributed by atoms with Gasteiger partial charge in [0, 0.05) is 55.4 Å². The third-order valence-corrected chi connectivity index (χ3v) is 14.5. The van der Waals surface area contributed by atoms with E-state index in [1.807, 2.05) is 0 Å². The van der Waals surface area contributed by atoms with Crippen molar-refractivity contribution in [3.05, 3.63) is 119 Å². The number of carbonyl (C=O) groups is 8. The Balaban J connectivity index is 1.35. The van der Waals surface area contributed by atoms with Crippen LogP contribution in [-0.2, 0) is 52.5 Å². The molecule has 0 unspecified atom stereocenters. The van der Waals surface area contributed by atoms with Crippen LogP contribution in [0.4, 0.5) is 0 Å². The number of nitrogens with one attached hydrogen (secondary N) is 2. The van der Waals surface area contributed by atoms with Gasteiger partial charge in [-0.05, 0) is 61.7 Å². The van der Waals surface area contributed by atoms with Crippen LogP contribution in [0.5, 0.6) is 0 Å². The zero-order chi connectivity index (χ0) is 50.0. The molecule has 2 saturated carbocycles. The first-order valence-electron chi connectivity index (χ1n) is 23.0. The smallest absolute Gasteiger partial charge is 0.350 e. The predicted molar refractivity (Wildman–Crippen MR) is 243 cm³/mol. The molecule has 1 aliphatic heterocycles. The van der Waals surface area contributed by atoms with E-state index in [9.17, 15) is 39.0 Å². The van der Waals surface area contributed by atoms with Gasteiger partial charge in [-0.3, -0.25) is 24.0 Å². The van der Waals surface area contributed by atoms with E-state index in [1.54, 1.807) is 80.6 Å². The Morgan fingerprint density at radius 1 is 0.826 bits per heavy atom. The van der Waals surface area contributed by atoms with Gasteiger partial charge in [0.2, 0.25) is 12.0 Å². The molecule has 7 rings (SSSR count). The molecule has 17 nitrogen and oxygen atoms in total. The summed E-state index contributed by atoms with van der Waals surface area (Å²) < 4.78 is 30.4. The van der Waals surface area contributed by atoms with E-state index >= 15 is 9.59 Å². The highest BCUT2D eigenvalue weighted by Crippen LogP contribution is 2.62. The highest BCUT2D eigenvalue weighted by atomic mass is 16.6. The maximum Gasteiger partial charge on any atom is 0.350 e. The zero-order valence-corrected chi connectivity index (χ0v) is 39.3. The molecule has 3 aromatic carbocycles. The van der Waals surface area contributed by atoms with E-state index < -0.39 is 125 Å². The number of fused-ring (bicyclic) bond motifs is 5. The first kappa shape index (κ1) is 50.3. The van der Waals surface area contributed by atoms with Crippen LogP contribution in [0, 0.1) is 22.7 Å². The molecule has 17 heteroatoms. The van der Waals surface area contributed by atoms with Crippen LogP contribution in [0.1, 0.15) is 99.5 Å². The van der Waals surface area contributed by atoms with Crippen molar-refractivity contribution in [3.8, 4) is 0 Å². The quantitative estimate of drug-likeness (QED) is 0.0952. The number of aliphatic hydroxyl groups excluding tert-OH is 1. The van der Waals surface area contributed by atoms with Gasteiger partial charge in [-0.15, -0.1) is 0 Å². The van der Waals surface area contributed by atoms with Gasteiger partial charge in [-0.25, -0.2) is 9.59 Å². The molecular formula is C52H58N2O15. The van der Waals surface area contributed by atoms with Gasteiger partial charge in [0.1, 0.15) is 36.2 Å². The van der Waals surface area contributed by atoms with E-state index in [0.717, 1.165) is 6.92 Å². The maximum absolute atomic E-state index is 15.4. The van der Waals surface area contributed by atoms with Crippen LogP contribution in [0.15, 0.2) is 102 Å². The summed E-state index contributed by atoms with van der Waals surface area (Å²) in [7, 11) is 0. The lowest BCUT2D eigenvalue weighted by Gasteiger charge is -2.64. The fourth-order valence-electron chi connectivity index (χ4n) is 10.6. The summed E-state index contributed by atoms with van der Waals surface area (Å²) in [6.45, 7) is 8.01. The van der Waals surface area contributed by atoms with Crippen LogP contribution in [0.2, 0.25) is 0 Å². The van der Waals surface area contributed by atoms with Crippen molar-refractivity contribution < 1.29 is 72.3 Å². The minimum Gasteiger partial charge on any atom is -0.455 e. The second kappa shape index (κ2) is 20.2. The van der Waals surface area contributed by atoms with Crippen molar-refractivity contribution in [2.45, 2.75) is 115 Å². The maximum atomic E-state index is 15.4. The lowest BCUT2D eigenvalue weighted by atomic mass is 9.46. The van der Waals surface area contributed by atoms with E-state index in [2.05, 4.69) is 10.6 Å². The molecule has 3 aliphatic carbocycles. The third kappa shape index (κ3) is 9.85. The van der Waals surface area contributed by atoms with Crippen molar-refractivity contribution in [2.75, 3.05) is 13.2 Å². The Kier molecular flexibility index (Phi) is 14.7. The molecule has 0 spiro atoms. The number of rotatable bonds is 15. The van der Waals surface area contributed by atoms with Gasteiger partial charge in [-0.2, -0.15) is 0 Å². The molecule has 11 atom stereocenters. The van der Waals surface area contributed by atoms with Crippen LogP contribution < -0.4 is 10.6 Å². The molecule has 1 saturated heterocycles. The molecule has 2 amide bonds. The third-order valence-electron chi connectivity index (χ3n) is 14.5. The Morgan fingerprint density at radius 2 is 1.43 bits per heavy atom. The number of ether oxygens (including phenoxy) is 5. The molecule has 1 heterocycles. The number of aliphatic hydroxyl groups is 2. The van der Waals surface area contributed by atoms with Crippen LogP contribution in [0.25, 0.3) is 0 Å². The van der Waals surface area contributed by atoms with Gasteiger partial charge in [-0.1, -0.05) is 80.6 Å². The highest BCUT2D eigenvalue weighted by molar-refractivity contribution is 5.96. The summed E-state index contributed by atoms with van der Waals surface area (Å²) in [5.41, 5.74) is -4.88. The van der Waals surface area contributed by atoms with E-state index in [1.165, 1.54) is 45.0 Å². The number of hydrogen-bond acceptors (Lipinski definition) is 15. The Morgan fingerprint density at radius 3 is 2.01 bits per heavy atom. The van der Waals surface area contributed by atoms with Crippen molar-refractivity contribution in [3.63, 3.8) is 0 Å². The van der Waals surface area contributed by atoms with Gasteiger partial charge < -0.3 is 49.3 Å². The Labute approximate surface area is 399 Å². The fourth-order valence-corrected chi connectivity index (χ4v) is 10.6. The fraction of sp³-hybridized carbons (Fsp3) is 0.462. The molecule has 3 fully saturated rings. The summed E-state index contributed by atoms with van der Waals surface area (Å²) in [6, 6.07) is 22.7. The number of Topliss-reactive ketones (excluding diaryl/α,β-unsaturated/α-hetero) is 2. The molecule has 3 aromatic rings. The van der Waals surface area contributed by atoms with Gasteiger partial charge >= 0.3 is 23.9 Å². The first-order chi connectivity index (χ1) is 32.7. The number of carbonyl (C=O) groups excluding carboxylic acids is 8. The molecule has 4 N–H and O–H groups in total. The summed E-state index contributed by atoms with van der Waals surface area (Å²) in [5.74, 6) is -8.05. The molecule has 69 heavy (non-hydrogen) atoms. The van der Waals surface area contributed by atoms with Crippen molar-refractivity contribution in [1.29, 1.82) is 0 Å². The largest absolute Gasteiger partial charge is 0.455 e. The normalized spacial score (nSPS) is 28.6. The monoisotopic (exact) mass is 950 g/mol. The molecule has 366 valence electrons. The average molecular weight is 951 g/mol. The minimum atomic E-state index is -2.28. The van der Waals surface area contributed by atoms with E-state index in [0.29, 0.717) is 5.56 Å². The number of amides is 2. The lowest BCUT2D eigenvalue weighted by Crippen LogP contribution is -2.75. The van der Waals surface area contributed by atoms with Crippen LogP contribution >= 0.6 is 0 Å². The molecule has 2 bridgehead atoms. The molecular weight excluding hydrogens is 893 g/mol. The van der Waals surface area contributed by atoms with Crippen LogP contribution in [-0.4, -0.2) is 113 Å². The SMILES string of the molecule is CC(=O)CCC(=O)NCC(=O)O[C@@H](C(=O)O[C@H]1C[C@@]2(O)[C@@H](OC(=O)c3ccccc3)[C@@H]3[C@@H]4CO[C@@H]4C[C@H](O)[C@@]3(C)C(=O)[C@H](OC(C)=O)C(=C1C)C2(C)C)[C@@H](NC(=O)c1ccccc1)c1ccccc1. The topological polar surface area (TPSA) is 247 Å². The highest BCUT2D eigenvalue weighted by Gasteiger charge is 2.73. The van der Waals surface area contributed by atoms with Gasteiger partial charge in [0.15, 0.2) is 11.9 Å². The lowest BCUT2D eigenvalue weighted by molar-refractivity contribution is -0.277. The summed E-state index contributed by atoms with van der Waals surface area (Å²) in [4.78, 5) is 109. The molecule has 0 radical (unpaired) electrons. The van der Waals surface area contributed by atoms with Crippen molar-refractivity contribution >= 4 is 47.3 Å². The number of benzene rings is 3. The number of ketones is 2. The van der Waals surface area contributed by atoms with Gasteiger partial charge in [0.25, 0.3) is 5.91 Å². The first-order valence-corrected chi connectivity index (χ1v) is 23.0. The van der Waals surface area contributed by atoms with E-state index in [-0.39, 0.29) is 53.9 Å². The standard InChI is InChI=1S/C52H58N2O15/c1-28(55)22-23-38(58)53-26-39(59)68-44(42(31-16-10-7-11-17-31)54-47(61)32-18-12-8-13-19-32)49(63)67-36-25-52(64)46(69-48(62)33-20-14-9-15-21-33)41-34-27-65-35(34)24-37(57)51(41,6)45(60)43(66-30(3)56)40(29(36)2)50(52,4)5/h7-21,34-37,41-44,46,57,64H,22-27H2,1-6H3,(H,53,58)(H,54,61)/t34-,35-,36+,37+,41+,42+,43-,44-,46+,51-,52-/m1/s1. The van der Waals surface area contributed by atoms with E-state index in [4.69, 9.17) is 23.7 Å². The second-order valence-corrected chi connectivity index (χ2v) is 19.0. The van der Waals surface area contributed by atoms with Crippen molar-refractivity contribution in [2.24, 2.45) is 22.7 Å². The average Bonchev–Trinajstić information content (AvgIpc) is 3.31. The van der Waals surface area contributed by atoms with Crippen molar-refractivity contribution in [1.82, 2.24) is 10.6 Å². The minimum absolute atomic E-state index is 0.0210. The van der Waals surface area contributed by atoms with Crippen LogP contribution in [0.3, 0.4) is 0 Å².